The molecule has 0 bridgehead atoms. The fraction of sp³-hybridized carbons (Fsp3) is 0.286. The van der Waals surface area contributed by atoms with Crippen LogP contribution in [-0.4, -0.2) is 37.2 Å². The molecule has 0 saturated carbocycles. The van der Waals surface area contributed by atoms with Crippen LogP contribution in [0.2, 0.25) is 0 Å². The van der Waals surface area contributed by atoms with Crippen LogP contribution in [0, 0.1) is 13.8 Å². The predicted molar refractivity (Wildman–Crippen MR) is 82.6 cm³/mol. The number of nitrogens with one attached hydrogen (secondary N) is 1. The molecule has 0 unspecified atom stereocenters. The van der Waals surface area contributed by atoms with Crippen LogP contribution in [0.4, 0.5) is 5.69 Å². The summed E-state index contributed by atoms with van der Waals surface area (Å²) in [5.41, 5.74) is 6.47. The van der Waals surface area contributed by atoms with Gasteiger partial charge in [-0.2, -0.15) is 5.10 Å². The van der Waals surface area contributed by atoms with E-state index in [0.717, 1.165) is 4.31 Å². The van der Waals surface area contributed by atoms with Crippen molar-refractivity contribution in [2.24, 2.45) is 5.73 Å². The van der Waals surface area contributed by atoms with E-state index in [9.17, 15) is 13.2 Å². The van der Waals surface area contributed by atoms with Crippen molar-refractivity contribution in [3.63, 3.8) is 0 Å². The number of aromatic nitrogens is 2. The number of H-pyrrole nitrogens is 1. The summed E-state index contributed by atoms with van der Waals surface area (Å²) in [4.78, 5) is 11.6. The number of para-hydroxylation sites is 2. The number of carbonyl (C=O) groups is 1. The third-order valence-electron chi connectivity index (χ3n) is 3.66. The van der Waals surface area contributed by atoms with Crippen LogP contribution >= 0.6 is 0 Å². The number of benzene rings is 1. The first-order valence-electron chi connectivity index (χ1n) is 6.91. The number of amides is 1. The van der Waals surface area contributed by atoms with Crippen molar-refractivity contribution in [2.75, 3.05) is 10.8 Å². The van der Waals surface area contributed by atoms with Crippen molar-refractivity contribution in [3.05, 3.63) is 35.7 Å². The highest BCUT2D eigenvalue weighted by Crippen LogP contribution is 2.37. The molecule has 23 heavy (non-hydrogen) atoms. The summed E-state index contributed by atoms with van der Waals surface area (Å²) < 4.78 is 32.8. The lowest BCUT2D eigenvalue weighted by molar-refractivity contribution is -0.124. The van der Waals surface area contributed by atoms with E-state index in [4.69, 9.17) is 10.5 Å². The van der Waals surface area contributed by atoms with Crippen molar-refractivity contribution in [3.8, 4) is 5.75 Å². The van der Waals surface area contributed by atoms with Gasteiger partial charge >= 0.3 is 0 Å². The number of aryl methyl sites for hydroxylation is 2. The molecule has 3 rings (SSSR count). The number of rotatable bonds is 3. The fourth-order valence-electron chi connectivity index (χ4n) is 2.61. The number of ether oxygens (including phenoxy) is 1. The first-order chi connectivity index (χ1) is 10.8. The van der Waals surface area contributed by atoms with Gasteiger partial charge in [0.1, 0.15) is 10.6 Å². The van der Waals surface area contributed by atoms with Gasteiger partial charge in [0.25, 0.3) is 15.9 Å². The van der Waals surface area contributed by atoms with E-state index in [1.807, 2.05) is 0 Å². The van der Waals surface area contributed by atoms with Crippen LogP contribution in [-0.2, 0) is 14.8 Å². The molecule has 1 aromatic heterocycles. The van der Waals surface area contributed by atoms with Crippen LogP contribution in [0.25, 0.3) is 0 Å². The van der Waals surface area contributed by atoms with Crippen LogP contribution < -0.4 is 14.8 Å². The van der Waals surface area contributed by atoms with E-state index < -0.39 is 22.0 Å². The molecule has 1 aliphatic rings. The standard InChI is InChI=1S/C14H16N4O4S/c1-8-13(9(2)17-16-8)23(20,21)18-7-12(14(15)19)22-11-6-4-3-5-10(11)18/h3-6,12H,7H2,1-2H3,(H2,15,19)(H,16,17)/t12-/m1/s1. The number of hydrogen-bond acceptors (Lipinski definition) is 5. The summed E-state index contributed by atoms with van der Waals surface area (Å²) in [6.45, 7) is 3.05. The van der Waals surface area contributed by atoms with Gasteiger partial charge in [-0.1, -0.05) is 12.1 Å². The molecule has 0 radical (unpaired) electrons. The fourth-order valence-corrected chi connectivity index (χ4v) is 4.42. The highest BCUT2D eigenvalue weighted by molar-refractivity contribution is 7.93. The first-order valence-corrected chi connectivity index (χ1v) is 8.35. The number of carbonyl (C=O) groups excluding carboxylic acids is 1. The summed E-state index contributed by atoms with van der Waals surface area (Å²) in [5.74, 6) is -0.426. The van der Waals surface area contributed by atoms with Crippen molar-refractivity contribution >= 4 is 21.6 Å². The van der Waals surface area contributed by atoms with Gasteiger partial charge in [-0.25, -0.2) is 8.42 Å². The van der Waals surface area contributed by atoms with E-state index in [0.29, 0.717) is 22.8 Å². The third kappa shape index (κ3) is 2.42. The number of nitrogens with zero attached hydrogens (tertiary/aromatic N) is 2. The number of aromatic amines is 1. The number of hydrogen-bond donors (Lipinski definition) is 2. The third-order valence-corrected chi connectivity index (χ3v) is 5.70. The summed E-state index contributed by atoms with van der Waals surface area (Å²) >= 11 is 0. The molecular formula is C14H16N4O4S. The highest BCUT2D eigenvalue weighted by Gasteiger charge is 2.38. The van der Waals surface area contributed by atoms with Gasteiger partial charge in [-0.3, -0.25) is 14.2 Å². The van der Waals surface area contributed by atoms with Crippen LogP contribution in [0.15, 0.2) is 29.2 Å². The molecule has 122 valence electrons. The SMILES string of the molecule is Cc1n[nH]c(C)c1S(=O)(=O)N1C[C@H](C(N)=O)Oc2ccccc21. The van der Waals surface area contributed by atoms with Gasteiger partial charge < -0.3 is 10.5 Å². The molecule has 1 atom stereocenters. The lowest BCUT2D eigenvalue weighted by Crippen LogP contribution is -2.49. The van der Waals surface area contributed by atoms with E-state index in [1.54, 1.807) is 38.1 Å². The minimum atomic E-state index is -3.91. The minimum absolute atomic E-state index is 0.0948. The molecule has 0 aliphatic carbocycles. The van der Waals surface area contributed by atoms with E-state index in [2.05, 4.69) is 10.2 Å². The average molecular weight is 336 g/mol. The second kappa shape index (κ2) is 5.27. The van der Waals surface area contributed by atoms with Gasteiger partial charge in [-0.05, 0) is 26.0 Å². The molecular weight excluding hydrogens is 320 g/mol. The summed E-state index contributed by atoms with van der Waals surface area (Å²) in [7, 11) is -3.91. The first kappa shape index (κ1) is 15.3. The number of anilines is 1. The zero-order valence-corrected chi connectivity index (χ0v) is 13.4. The summed E-state index contributed by atoms with van der Waals surface area (Å²) in [6, 6.07) is 6.61. The molecule has 2 heterocycles. The Labute approximate surface area is 133 Å². The van der Waals surface area contributed by atoms with Gasteiger partial charge in [0.05, 0.1) is 23.6 Å². The van der Waals surface area contributed by atoms with Crippen LogP contribution in [0.3, 0.4) is 0 Å². The molecule has 0 spiro atoms. The summed E-state index contributed by atoms with van der Waals surface area (Å²) in [5, 5.41) is 6.60. The molecule has 0 fully saturated rings. The number of nitrogens with two attached hydrogens (primary N) is 1. The van der Waals surface area contributed by atoms with Gasteiger partial charge in [0.15, 0.2) is 6.10 Å². The molecule has 1 aromatic carbocycles. The van der Waals surface area contributed by atoms with Gasteiger partial charge in [-0.15, -0.1) is 0 Å². The Kier molecular flexibility index (Phi) is 3.52. The zero-order valence-electron chi connectivity index (χ0n) is 12.6. The number of fused-ring (bicyclic) bond motifs is 1. The Morgan fingerprint density at radius 3 is 2.70 bits per heavy atom. The number of sulfonamides is 1. The lowest BCUT2D eigenvalue weighted by Gasteiger charge is -2.34. The van der Waals surface area contributed by atoms with Crippen LogP contribution in [0.1, 0.15) is 11.4 Å². The second-order valence-corrected chi connectivity index (χ2v) is 7.08. The molecule has 2 aromatic rings. The van der Waals surface area contributed by atoms with E-state index in [1.165, 1.54) is 0 Å². The maximum absolute atomic E-state index is 13.1. The average Bonchev–Trinajstić information content (AvgIpc) is 2.85. The second-order valence-electron chi connectivity index (χ2n) is 5.28. The molecule has 9 heteroatoms. The van der Waals surface area contributed by atoms with Gasteiger partial charge in [0, 0.05) is 0 Å². The predicted octanol–water partition coefficient (Wildman–Crippen LogP) is 0.468. The van der Waals surface area contributed by atoms with Crippen molar-refractivity contribution in [1.29, 1.82) is 0 Å². The Balaban J connectivity index is 2.16. The zero-order chi connectivity index (χ0) is 16.8. The van der Waals surface area contributed by atoms with E-state index >= 15 is 0 Å². The Hall–Kier alpha value is -2.55. The lowest BCUT2D eigenvalue weighted by atomic mass is 10.2. The smallest absolute Gasteiger partial charge is 0.268 e. The molecule has 3 N–H and O–H groups in total. The topological polar surface area (TPSA) is 118 Å². The summed E-state index contributed by atoms with van der Waals surface area (Å²) in [6.07, 6.45) is -1.05. The monoisotopic (exact) mass is 336 g/mol. The Bertz CT molecular complexity index is 855. The van der Waals surface area contributed by atoms with Crippen molar-refractivity contribution < 1.29 is 17.9 Å². The molecule has 0 saturated heterocycles. The molecule has 1 amide bonds. The Morgan fingerprint density at radius 2 is 2.09 bits per heavy atom. The number of primary amides is 1. The Morgan fingerprint density at radius 1 is 1.39 bits per heavy atom. The quantitative estimate of drug-likeness (QED) is 0.844. The minimum Gasteiger partial charge on any atom is -0.476 e. The maximum atomic E-state index is 13.1. The van der Waals surface area contributed by atoms with Gasteiger partial charge in [0.2, 0.25) is 0 Å². The largest absolute Gasteiger partial charge is 0.476 e. The highest BCUT2D eigenvalue weighted by atomic mass is 32.2. The van der Waals surface area contributed by atoms with Crippen molar-refractivity contribution in [2.45, 2.75) is 24.8 Å². The van der Waals surface area contributed by atoms with Crippen LogP contribution in [0.5, 0.6) is 5.75 Å². The van der Waals surface area contributed by atoms with Crippen molar-refractivity contribution in [1.82, 2.24) is 10.2 Å². The van der Waals surface area contributed by atoms with E-state index in [-0.39, 0.29) is 11.4 Å². The normalized spacial score (nSPS) is 17.5. The molecule has 8 nitrogen and oxygen atoms in total. The molecule has 1 aliphatic heterocycles. The maximum Gasteiger partial charge on any atom is 0.268 e.